The Morgan fingerprint density at radius 1 is 1.32 bits per heavy atom. The molecule has 0 saturated carbocycles. The van der Waals surface area contributed by atoms with Crippen LogP contribution in [0.2, 0.25) is 0 Å². The van der Waals surface area contributed by atoms with E-state index in [1.54, 1.807) is 0 Å². The Balaban J connectivity index is 2.06. The molecule has 1 atom stereocenters. The Hall–Kier alpha value is -1.35. The van der Waals surface area contributed by atoms with Crippen LogP contribution in [-0.2, 0) is 10.8 Å². The lowest BCUT2D eigenvalue weighted by Crippen LogP contribution is -2.25. The predicted molar refractivity (Wildman–Crippen MR) is 77.5 cm³/mol. The Kier molecular flexibility index (Phi) is 2.72. The van der Waals surface area contributed by atoms with Gasteiger partial charge < -0.3 is 9.73 Å². The van der Waals surface area contributed by atoms with Crippen molar-refractivity contribution < 1.29 is 4.42 Å². The van der Waals surface area contributed by atoms with Crippen LogP contribution >= 0.6 is 0 Å². The topological polar surface area (TPSA) is 38.1 Å². The molecule has 0 aliphatic carbocycles. The average molecular weight is 258 g/mol. The van der Waals surface area contributed by atoms with E-state index in [-0.39, 0.29) is 10.8 Å². The Bertz CT molecular complexity index is 601. The molecule has 0 amide bonds. The fraction of sp³-hybridized carbons (Fsp3) is 0.562. The van der Waals surface area contributed by atoms with E-state index in [2.05, 4.69) is 51.2 Å². The molecule has 19 heavy (non-hydrogen) atoms. The summed E-state index contributed by atoms with van der Waals surface area (Å²) in [5.41, 5.74) is 3.37. The van der Waals surface area contributed by atoms with E-state index in [0.29, 0.717) is 0 Å². The molecular weight excluding hydrogens is 236 g/mol. The summed E-state index contributed by atoms with van der Waals surface area (Å²) in [6, 6.07) is 6.36. The highest BCUT2D eigenvalue weighted by atomic mass is 16.3. The summed E-state index contributed by atoms with van der Waals surface area (Å²) in [4.78, 5) is 4.73. The van der Waals surface area contributed by atoms with Gasteiger partial charge in [0.1, 0.15) is 5.52 Å². The molecule has 1 fully saturated rings. The van der Waals surface area contributed by atoms with Crippen molar-refractivity contribution in [3.05, 3.63) is 29.7 Å². The van der Waals surface area contributed by atoms with Crippen molar-refractivity contribution in [3.63, 3.8) is 0 Å². The third kappa shape index (κ3) is 2.16. The number of hydrogen-bond donors (Lipinski definition) is 1. The summed E-state index contributed by atoms with van der Waals surface area (Å²) >= 11 is 0. The van der Waals surface area contributed by atoms with Crippen molar-refractivity contribution in [2.45, 2.75) is 44.9 Å². The van der Waals surface area contributed by atoms with Crippen LogP contribution in [0.1, 0.15) is 45.6 Å². The number of benzene rings is 1. The maximum absolute atomic E-state index is 5.97. The predicted octanol–water partition coefficient (Wildman–Crippen LogP) is 3.38. The molecule has 0 radical (unpaired) electrons. The summed E-state index contributed by atoms with van der Waals surface area (Å²) < 4.78 is 5.97. The van der Waals surface area contributed by atoms with Crippen LogP contribution in [0.5, 0.6) is 0 Å². The van der Waals surface area contributed by atoms with Crippen LogP contribution in [0.4, 0.5) is 0 Å². The molecule has 0 spiro atoms. The first-order valence-electron chi connectivity index (χ1n) is 7.01. The summed E-state index contributed by atoms with van der Waals surface area (Å²) in [7, 11) is 0. The van der Waals surface area contributed by atoms with Gasteiger partial charge in [0.2, 0.25) is 5.89 Å². The molecule has 1 aromatic carbocycles. The van der Waals surface area contributed by atoms with Crippen LogP contribution in [0, 0.1) is 0 Å². The molecule has 2 aromatic rings. The van der Waals surface area contributed by atoms with Gasteiger partial charge in [-0.3, -0.25) is 0 Å². The molecule has 3 rings (SSSR count). The molecule has 1 unspecified atom stereocenters. The number of aromatic nitrogens is 1. The normalized spacial score (nSPS) is 24.2. The molecular formula is C16H22N2O. The molecule has 1 aromatic heterocycles. The van der Waals surface area contributed by atoms with Gasteiger partial charge in [0, 0.05) is 6.54 Å². The first-order chi connectivity index (χ1) is 8.88. The monoisotopic (exact) mass is 258 g/mol. The van der Waals surface area contributed by atoms with Gasteiger partial charge in [0.05, 0.1) is 5.41 Å². The van der Waals surface area contributed by atoms with Crippen molar-refractivity contribution in [2.24, 2.45) is 0 Å². The van der Waals surface area contributed by atoms with Gasteiger partial charge in [-0.15, -0.1) is 0 Å². The molecule has 1 saturated heterocycles. The van der Waals surface area contributed by atoms with E-state index < -0.39 is 0 Å². The lowest BCUT2D eigenvalue weighted by atomic mass is 9.87. The Morgan fingerprint density at radius 2 is 2.11 bits per heavy atom. The fourth-order valence-electron chi connectivity index (χ4n) is 2.65. The molecule has 1 aliphatic heterocycles. The van der Waals surface area contributed by atoms with E-state index in [1.165, 1.54) is 5.56 Å². The highest BCUT2D eigenvalue weighted by molar-refractivity contribution is 5.74. The van der Waals surface area contributed by atoms with Crippen molar-refractivity contribution in [2.75, 3.05) is 13.1 Å². The quantitative estimate of drug-likeness (QED) is 0.852. The Morgan fingerprint density at radius 3 is 2.74 bits per heavy atom. The highest BCUT2D eigenvalue weighted by Crippen LogP contribution is 2.33. The standard InChI is InChI=1S/C16H22N2O/c1-15(2,3)11-5-6-13-12(9-11)18-14(19-13)16(4)7-8-17-10-16/h5-6,9,17H,7-8,10H2,1-4H3. The summed E-state index contributed by atoms with van der Waals surface area (Å²) in [5.74, 6) is 0.874. The molecule has 3 heteroatoms. The molecule has 0 bridgehead atoms. The largest absolute Gasteiger partial charge is 0.440 e. The van der Waals surface area contributed by atoms with Crippen molar-refractivity contribution in [3.8, 4) is 0 Å². The number of nitrogens with one attached hydrogen (secondary N) is 1. The maximum atomic E-state index is 5.97. The van der Waals surface area contributed by atoms with E-state index in [1.807, 2.05) is 0 Å². The van der Waals surface area contributed by atoms with Crippen molar-refractivity contribution >= 4 is 11.1 Å². The van der Waals surface area contributed by atoms with Gasteiger partial charge in [0.15, 0.2) is 5.58 Å². The fourth-order valence-corrected chi connectivity index (χ4v) is 2.65. The van der Waals surface area contributed by atoms with Gasteiger partial charge in [-0.05, 0) is 43.0 Å². The minimum Gasteiger partial charge on any atom is -0.440 e. The second-order valence-corrected chi connectivity index (χ2v) is 6.94. The van der Waals surface area contributed by atoms with E-state index in [4.69, 9.17) is 9.40 Å². The van der Waals surface area contributed by atoms with Gasteiger partial charge in [-0.2, -0.15) is 0 Å². The van der Waals surface area contributed by atoms with E-state index in [9.17, 15) is 0 Å². The number of nitrogens with zero attached hydrogens (tertiary/aromatic N) is 1. The van der Waals surface area contributed by atoms with Gasteiger partial charge in [-0.25, -0.2) is 4.98 Å². The number of hydrogen-bond acceptors (Lipinski definition) is 3. The van der Waals surface area contributed by atoms with Crippen molar-refractivity contribution in [1.29, 1.82) is 0 Å². The van der Waals surface area contributed by atoms with Gasteiger partial charge >= 0.3 is 0 Å². The van der Waals surface area contributed by atoms with Gasteiger partial charge in [-0.1, -0.05) is 26.8 Å². The van der Waals surface area contributed by atoms with Crippen LogP contribution < -0.4 is 5.32 Å². The molecule has 3 nitrogen and oxygen atoms in total. The average Bonchev–Trinajstić information content (AvgIpc) is 2.93. The van der Waals surface area contributed by atoms with Crippen LogP contribution in [0.15, 0.2) is 22.6 Å². The number of fused-ring (bicyclic) bond motifs is 1. The summed E-state index contributed by atoms with van der Waals surface area (Å²) in [6.07, 6.45) is 1.09. The second-order valence-electron chi connectivity index (χ2n) is 6.94. The van der Waals surface area contributed by atoms with Crippen molar-refractivity contribution in [1.82, 2.24) is 10.3 Å². The van der Waals surface area contributed by atoms with E-state index in [0.717, 1.165) is 36.5 Å². The first kappa shape index (κ1) is 12.7. The zero-order valence-corrected chi connectivity index (χ0v) is 12.2. The lowest BCUT2D eigenvalue weighted by Gasteiger charge is -2.18. The molecule has 102 valence electrons. The highest BCUT2D eigenvalue weighted by Gasteiger charge is 2.35. The van der Waals surface area contributed by atoms with Crippen LogP contribution in [-0.4, -0.2) is 18.1 Å². The molecule has 2 heterocycles. The SMILES string of the molecule is CC(C)(C)c1ccc2oc(C3(C)CCNC3)nc2c1. The lowest BCUT2D eigenvalue weighted by molar-refractivity contribution is 0.382. The smallest absolute Gasteiger partial charge is 0.202 e. The Labute approximate surface area is 114 Å². The van der Waals surface area contributed by atoms with Crippen LogP contribution in [0.3, 0.4) is 0 Å². The third-order valence-corrected chi connectivity index (χ3v) is 4.14. The number of oxazole rings is 1. The summed E-state index contributed by atoms with van der Waals surface area (Å²) in [6.45, 7) is 10.9. The summed E-state index contributed by atoms with van der Waals surface area (Å²) in [5, 5.41) is 3.39. The van der Waals surface area contributed by atoms with Crippen LogP contribution in [0.25, 0.3) is 11.1 Å². The first-order valence-corrected chi connectivity index (χ1v) is 7.01. The maximum Gasteiger partial charge on any atom is 0.202 e. The molecule has 1 aliphatic rings. The zero-order valence-electron chi connectivity index (χ0n) is 12.2. The minimum absolute atomic E-state index is 0.0426. The second kappa shape index (κ2) is 4.07. The third-order valence-electron chi connectivity index (χ3n) is 4.14. The minimum atomic E-state index is 0.0426. The number of rotatable bonds is 1. The zero-order chi connectivity index (χ0) is 13.7. The van der Waals surface area contributed by atoms with E-state index >= 15 is 0 Å². The molecule has 1 N–H and O–H groups in total. The van der Waals surface area contributed by atoms with Gasteiger partial charge in [0.25, 0.3) is 0 Å².